The molecule has 0 atom stereocenters. The number of hydrogen-bond acceptors (Lipinski definition) is 6. The van der Waals surface area contributed by atoms with Crippen LogP contribution in [0.3, 0.4) is 0 Å². The maximum absolute atomic E-state index is 12.8. The zero-order valence-electron chi connectivity index (χ0n) is 17.2. The fourth-order valence-electron chi connectivity index (χ4n) is 2.50. The number of hydrogen-bond donors (Lipinski definition) is 0. The van der Waals surface area contributed by atoms with Gasteiger partial charge in [0, 0.05) is 0 Å². The van der Waals surface area contributed by atoms with E-state index in [9.17, 15) is 43.5 Å². The van der Waals surface area contributed by atoms with Crippen LogP contribution in [-0.2, 0) is 32.8 Å². The van der Waals surface area contributed by atoms with Gasteiger partial charge in [0.1, 0.15) is 26.1 Å². The second-order valence-electron chi connectivity index (χ2n) is 5.84. The molecule has 2 aromatic carbocycles. The average molecular weight is 502 g/mol. The van der Waals surface area contributed by atoms with Crippen molar-refractivity contribution in [2.45, 2.75) is 42.7 Å². The van der Waals surface area contributed by atoms with Gasteiger partial charge < -0.3 is 9.11 Å². The Labute approximate surface area is 222 Å². The number of halogens is 4. The van der Waals surface area contributed by atoms with E-state index in [0.29, 0.717) is 12.5 Å². The summed E-state index contributed by atoms with van der Waals surface area (Å²) in [6, 6.07) is 6.58. The van der Waals surface area contributed by atoms with E-state index in [1.165, 1.54) is 25.1 Å². The van der Waals surface area contributed by atoms with Crippen LogP contribution in [0, 0.1) is 12.7 Å². The first-order valence-electron chi connectivity index (χ1n) is 7.96. The van der Waals surface area contributed by atoms with Gasteiger partial charge in [-0.1, -0.05) is 37.6 Å². The van der Waals surface area contributed by atoms with E-state index >= 15 is 0 Å². The standard InChI is InChI=1S/C10H11F3O3S.C7H7FO3S.2Na/c1-2-4-7-5-3-6-8(10(11,12)13)9(7)17(14,15)16;1-5-3-2-4-6(8)7(5)12(9,10)11;;/h3,5-6H,2,4H2,1H3,(H,14,15,16);2-4H,1H3,(H,9,10,11);;/q;;2*+1/p-2. The quantitative estimate of drug-likeness (QED) is 0.262. The van der Waals surface area contributed by atoms with Crippen molar-refractivity contribution in [1.82, 2.24) is 0 Å². The molecule has 0 saturated carbocycles. The maximum atomic E-state index is 12.8. The van der Waals surface area contributed by atoms with E-state index in [4.69, 9.17) is 0 Å². The molecule has 0 aliphatic carbocycles. The first-order chi connectivity index (χ1) is 13.1. The molecule has 0 saturated heterocycles. The van der Waals surface area contributed by atoms with Crippen molar-refractivity contribution >= 4 is 20.2 Å². The van der Waals surface area contributed by atoms with E-state index in [1.54, 1.807) is 6.92 Å². The molecule has 162 valence electrons. The normalized spacial score (nSPS) is 11.5. The molecule has 2 rings (SSSR count). The van der Waals surface area contributed by atoms with E-state index in [0.717, 1.165) is 12.1 Å². The Morgan fingerprint density at radius 3 is 1.71 bits per heavy atom. The Hall–Kier alpha value is -0.0200. The largest absolute Gasteiger partial charge is 1.00 e. The maximum Gasteiger partial charge on any atom is 1.00 e. The molecule has 0 spiro atoms. The Morgan fingerprint density at radius 1 is 0.871 bits per heavy atom. The Morgan fingerprint density at radius 2 is 1.35 bits per heavy atom. The predicted molar refractivity (Wildman–Crippen MR) is 92.5 cm³/mol. The van der Waals surface area contributed by atoms with Crippen LogP contribution in [0.1, 0.15) is 30.0 Å². The van der Waals surface area contributed by atoms with Gasteiger partial charge in [0.05, 0.1) is 15.4 Å². The summed E-state index contributed by atoms with van der Waals surface area (Å²) < 4.78 is 115. The minimum Gasteiger partial charge on any atom is -0.744 e. The monoisotopic (exact) mass is 502 g/mol. The van der Waals surface area contributed by atoms with E-state index < -0.39 is 47.6 Å². The first kappa shape index (κ1) is 33.2. The number of rotatable bonds is 4. The molecule has 0 amide bonds. The van der Waals surface area contributed by atoms with Crippen LogP contribution in [0.15, 0.2) is 46.2 Å². The van der Waals surface area contributed by atoms with Crippen LogP contribution in [0.4, 0.5) is 17.6 Å². The number of alkyl halides is 3. The third-order valence-electron chi connectivity index (χ3n) is 3.59. The zero-order valence-corrected chi connectivity index (χ0v) is 22.8. The summed E-state index contributed by atoms with van der Waals surface area (Å²) in [5, 5.41) is 0. The van der Waals surface area contributed by atoms with Crippen LogP contribution in [-0.4, -0.2) is 25.9 Å². The van der Waals surface area contributed by atoms with Crippen molar-refractivity contribution in [3.63, 3.8) is 0 Å². The van der Waals surface area contributed by atoms with Crippen molar-refractivity contribution in [1.29, 1.82) is 0 Å². The SMILES string of the molecule is CCCc1cccc(C(F)(F)F)c1S(=O)(=O)[O-].Cc1cccc(F)c1S(=O)(=O)[O-].[Na+].[Na+]. The third-order valence-corrected chi connectivity index (χ3v) is 5.58. The second kappa shape index (κ2) is 13.0. The molecule has 0 fully saturated rings. The minimum atomic E-state index is -5.14. The number of benzene rings is 2. The first-order valence-corrected chi connectivity index (χ1v) is 10.8. The van der Waals surface area contributed by atoms with Crippen LogP contribution >= 0.6 is 0 Å². The molecule has 0 unspecified atom stereocenters. The van der Waals surface area contributed by atoms with Gasteiger partial charge in [-0.3, -0.25) is 0 Å². The molecule has 0 N–H and O–H groups in total. The summed E-state index contributed by atoms with van der Waals surface area (Å²) >= 11 is 0. The molecule has 14 heteroatoms. The average Bonchev–Trinajstić information content (AvgIpc) is 2.52. The summed E-state index contributed by atoms with van der Waals surface area (Å²) in [5.74, 6) is -0.995. The summed E-state index contributed by atoms with van der Waals surface area (Å²) in [4.78, 5) is -1.90. The van der Waals surface area contributed by atoms with Crippen LogP contribution in [0.5, 0.6) is 0 Å². The summed E-state index contributed by atoms with van der Waals surface area (Å²) in [5.41, 5.74) is -1.35. The summed E-state index contributed by atoms with van der Waals surface area (Å²) in [6.45, 7) is 3.05. The van der Waals surface area contributed by atoms with Gasteiger partial charge >= 0.3 is 65.3 Å². The smallest absolute Gasteiger partial charge is 0.744 e. The zero-order chi connectivity index (χ0) is 22.6. The molecule has 0 aromatic heterocycles. The molecule has 31 heavy (non-hydrogen) atoms. The second-order valence-corrected chi connectivity index (χ2v) is 8.47. The Bertz CT molecular complexity index is 1070. The van der Waals surface area contributed by atoms with Gasteiger partial charge in [-0.25, -0.2) is 21.2 Å². The van der Waals surface area contributed by atoms with Crippen LogP contribution < -0.4 is 59.1 Å². The van der Waals surface area contributed by atoms with Gasteiger partial charge in [-0.15, -0.1) is 0 Å². The molecule has 0 aliphatic heterocycles. The van der Waals surface area contributed by atoms with Crippen LogP contribution in [0.2, 0.25) is 0 Å². The molecule has 6 nitrogen and oxygen atoms in total. The molecule has 2 aromatic rings. The van der Waals surface area contributed by atoms with Crippen molar-refractivity contribution in [3.05, 3.63) is 58.9 Å². The summed E-state index contributed by atoms with van der Waals surface area (Å²) in [6.07, 6.45) is -4.29. The topological polar surface area (TPSA) is 114 Å². The van der Waals surface area contributed by atoms with Gasteiger partial charge in [0.25, 0.3) is 0 Å². The van der Waals surface area contributed by atoms with Crippen molar-refractivity contribution in [3.8, 4) is 0 Å². The Balaban J connectivity index is 0. The van der Waals surface area contributed by atoms with Crippen molar-refractivity contribution in [2.24, 2.45) is 0 Å². The van der Waals surface area contributed by atoms with Crippen molar-refractivity contribution in [2.75, 3.05) is 0 Å². The fraction of sp³-hybridized carbons (Fsp3) is 0.294. The number of aryl methyl sites for hydroxylation is 2. The summed E-state index contributed by atoms with van der Waals surface area (Å²) in [7, 11) is -9.83. The van der Waals surface area contributed by atoms with Gasteiger partial charge in [-0.2, -0.15) is 13.2 Å². The fourth-order valence-corrected chi connectivity index (χ4v) is 4.22. The molecule has 0 heterocycles. The van der Waals surface area contributed by atoms with Gasteiger partial charge in [-0.05, 0) is 36.6 Å². The van der Waals surface area contributed by atoms with Gasteiger partial charge in [0.2, 0.25) is 0 Å². The molecule has 0 aliphatic rings. The van der Waals surface area contributed by atoms with E-state index in [-0.39, 0.29) is 76.7 Å². The van der Waals surface area contributed by atoms with E-state index in [1.807, 2.05) is 0 Å². The van der Waals surface area contributed by atoms with E-state index in [2.05, 4.69) is 0 Å². The van der Waals surface area contributed by atoms with Gasteiger partial charge in [0.15, 0.2) is 0 Å². The molecule has 0 radical (unpaired) electrons. The predicted octanol–water partition coefficient (Wildman–Crippen LogP) is -2.39. The molecular weight excluding hydrogens is 486 g/mol. The third kappa shape index (κ3) is 9.78. The van der Waals surface area contributed by atoms with Crippen molar-refractivity contribution < 1.29 is 103 Å². The molecule has 0 bridgehead atoms. The molecular formula is C17H16F4Na2O6S2. The van der Waals surface area contributed by atoms with Crippen LogP contribution in [0.25, 0.3) is 0 Å². The Kier molecular flexibility index (Phi) is 13.9. The minimum absolute atomic E-state index is 0.